The summed E-state index contributed by atoms with van der Waals surface area (Å²) >= 11 is 0. The molecule has 0 aromatic heterocycles. The summed E-state index contributed by atoms with van der Waals surface area (Å²) in [6, 6.07) is 6.65. The van der Waals surface area contributed by atoms with Crippen LogP contribution in [-0.2, 0) is 11.2 Å². The van der Waals surface area contributed by atoms with Crippen molar-refractivity contribution in [2.75, 3.05) is 19.8 Å². The maximum absolute atomic E-state index is 11.6. The summed E-state index contributed by atoms with van der Waals surface area (Å²) in [5.74, 6) is 0.539. The first-order valence-electron chi connectivity index (χ1n) is 5.92. The minimum absolute atomic E-state index is 0.211. The van der Waals surface area contributed by atoms with E-state index in [-0.39, 0.29) is 25.5 Å². The van der Waals surface area contributed by atoms with Crippen LogP contribution in [0.25, 0.3) is 0 Å². The van der Waals surface area contributed by atoms with Gasteiger partial charge in [-0.15, -0.1) is 0 Å². The van der Waals surface area contributed by atoms with E-state index >= 15 is 0 Å². The highest BCUT2D eigenvalue weighted by Crippen LogP contribution is 2.12. The molecule has 0 spiro atoms. The van der Waals surface area contributed by atoms with Crippen LogP contribution in [0.2, 0.25) is 0 Å². The third-order valence-corrected chi connectivity index (χ3v) is 2.40. The molecule has 0 radical (unpaired) electrons. The number of benzene rings is 1. The van der Waals surface area contributed by atoms with Crippen LogP contribution < -0.4 is 10.1 Å². The number of aliphatic hydroxyl groups is 2. The van der Waals surface area contributed by atoms with E-state index < -0.39 is 6.04 Å². The zero-order chi connectivity index (χ0) is 13.4. The smallest absolute Gasteiger partial charge is 0.224 e. The number of carbonyl (C=O) groups is 1. The maximum Gasteiger partial charge on any atom is 0.224 e. The Balaban J connectivity index is 2.48. The van der Waals surface area contributed by atoms with Crippen molar-refractivity contribution in [3.05, 3.63) is 29.8 Å². The molecule has 18 heavy (non-hydrogen) atoms. The van der Waals surface area contributed by atoms with Crippen LogP contribution >= 0.6 is 0 Å². The maximum atomic E-state index is 11.6. The van der Waals surface area contributed by atoms with Gasteiger partial charge in [-0.05, 0) is 24.6 Å². The molecular formula is C13H19NO4. The number of rotatable bonds is 7. The Labute approximate surface area is 106 Å². The summed E-state index contributed by atoms with van der Waals surface area (Å²) in [5, 5.41) is 20.2. The van der Waals surface area contributed by atoms with Crippen LogP contribution in [0.4, 0.5) is 0 Å². The SMILES string of the molecule is CCOc1ccc(CC(=O)NC(CO)CO)cc1. The summed E-state index contributed by atoms with van der Waals surface area (Å²) in [6.07, 6.45) is 0.211. The Bertz CT molecular complexity index is 360. The first-order chi connectivity index (χ1) is 8.69. The lowest BCUT2D eigenvalue weighted by Gasteiger charge is -2.13. The standard InChI is InChI=1S/C13H19NO4/c1-2-18-12-5-3-10(4-6-12)7-13(17)14-11(8-15)9-16/h3-6,11,15-16H,2,7-9H2,1H3,(H,14,17). The second-order valence-corrected chi connectivity index (χ2v) is 3.88. The highest BCUT2D eigenvalue weighted by atomic mass is 16.5. The fourth-order valence-corrected chi connectivity index (χ4v) is 1.48. The minimum atomic E-state index is -0.597. The average Bonchev–Trinajstić information content (AvgIpc) is 2.38. The predicted octanol–water partition coefficient (Wildman–Crippen LogP) is 0.0972. The summed E-state index contributed by atoms with van der Waals surface area (Å²) in [5.41, 5.74) is 0.852. The molecule has 0 heterocycles. The molecule has 0 bridgehead atoms. The quantitative estimate of drug-likeness (QED) is 0.644. The molecule has 0 saturated heterocycles. The Morgan fingerprint density at radius 1 is 1.28 bits per heavy atom. The Hall–Kier alpha value is -1.59. The first-order valence-corrected chi connectivity index (χ1v) is 5.92. The molecule has 100 valence electrons. The van der Waals surface area contributed by atoms with Crippen LogP contribution in [0.3, 0.4) is 0 Å². The molecule has 0 unspecified atom stereocenters. The summed E-state index contributed by atoms with van der Waals surface area (Å²) in [7, 11) is 0. The topological polar surface area (TPSA) is 78.8 Å². The zero-order valence-electron chi connectivity index (χ0n) is 10.4. The second-order valence-electron chi connectivity index (χ2n) is 3.88. The lowest BCUT2D eigenvalue weighted by molar-refractivity contribution is -0.121. The van der Waals surface area contributed by atoms with Gasteiger partial charge in [0.15, 0.2) is 0 Å². The van der Waals surface area contributed by atoms with Crippen molar-refractivity contribution >= 4 is 5.91 Å². The molecule has 0 fully saturated rings. The van der Waals surface area contributed by atoms with E-state index in [2.05, 4.69) is 5.32 Å². The van der Waals surface area contributed by atoms with Crippen molar-refractivity contribution in [3.8, 4) is 5.75 Å². The van der Waals surface area contributed by atoms with Gasteiger partial charge in [-0.25, -0.2) is 0 Å². The molecule has 3 N–H and O–H groups in total. The van der Waals surface area contributed by atoms with Crippen LogP contribution in [0, 0.1) is 0 Å². The van der Waals surface area contributed by atoms with Gasteiger partial charge in [-0.2, -0.15) is 0 Å². The number of aliphatic hydroxyl groups excluding tert-OH is 2. The van der Waals surface area contributed by atoms with Gasteiger partial charge in [0.2, 0.25) is 5.91 Å². The third-order valence-electron chi connectivity index (χ3n) is 2.40. The van der Waals surface area contributed by atoms with Crippen molar-refractivity contribution in [3.63, 3.8) is 0 Å². The number of hydrogen-bond acceptors (Lipinski definition) is 4. The monoisotopic (exact) mass is 253 g/mol. The van der Waals surface area contributed by atoms with E-state index in [1.54, 1.807) is 0 Å². The van der Waals surface area contributed by atoms with Crippen molar-refractivity contribution < 1.29 is 19.7 Å². The predicted molar refractivity (Wildman–Crippen MR) is 67.4 cm³/mol. The van der Waals surface area contributed by atoms with Crippen LogP contribution in [-0.4, -0.2) is 42.0 Å². The van der Waals surface area contributed by atoms with Crippen molar-refractivity contribution in [1.29, 1.82) is 0 Å². The van der Waals surface area contributed by atoms with E-state index in [9.17, 15) is 4.79 Å². The molecule has 0 aliphatic rings. The van der Waals surface area contributed by atoms with Crippen molar-refractivity contribution in [2.45, 2.75) is 19.4 Å². The summed E-state index contributed by atoms with van der Waals surface area (Å²) < 4.78 is 5.30. The van der Waals surface area contributed by atoms with Gasteiger partial charge >= 0.3 is 0 Å². The third kappa shape index (κ3) is 4.73. The lowest BCUT2D eigenvalue weighted by atomic mass is 10.1. The van der Waals surface area contributed by atoms with Crippen LogP contribution in [0.1, 0.15) is 12.5 Å². The Morgan fingerprint density at radius 2 is 1.89 bits per heavy atom. The Kier molecular flexibility index (Phi) is 6.18. The molecule has 1 amide bonds. The van der Waals surface area contributed by atoms with Gasteiger partial charge in [0, 0.05) is 0 Å². The molecule has 0 atom stereocenters. The normalized spacial score (nSPS) is 10.4. The van der Waals surface area contributed by atoms with Gasteiger partial charge in [-0.1, -0.05) is 12.1 Å². The molecular weight excluding hydrogens is 234 g/mol. The number of amides is 1. The molecule has 1 aromatic carbocycles. The van der Waals surface area contributed by atoms with Gasteiger partial charge in [0.1, 0.15) is 5.75 Å². The zero-order valence-corrected chi connectivity index (χ0v) is 10.4. The first kappa shape index (κ1) is 14.5. The molecule has 0 aliphatic carbocycles. The highest BCUT2D eigenvalue weighted by molar-refractivity contribution is 5.78. The molecule has 1 aromatic rings. The van der Waals surface area contributed by atoms with E-state index in [0.29, 0.717) is 6.61 Å². The van der Waals surface area contributed by atoms with E-state index in [0.717, 1.165) is 11.3 Å². The van der Waals surface area contributed by atoms with E-state index in [4.69, 9.17) is 14.9 Å². The molecule has 5 nitrogen and oxygen atoms in total. The summed E-state index contributed by atoms with van der Waals surface area (Å²) in [4.78, 5) is 11.6. The molecule has 5 heteroatoms. The number of ether oxygens (including phenoxy) is 1. The van der Waals surface area contributed by atoms with Gasteiger partial charge in [-0.3, -0.25) is 4.79 Å². The fourth-order valence-electron chi connectivity index (χ4n) is 1.48. The minimum Gasteiger partial charge on any atom is -0.494 e. The van der Waals surface area contributed by atoms with Crippen molar-refractivity contribution in [1.82, 2.24) is 5.32 Å². The number of carbonyl (C=O) groups excluding carboxylic acids is 1. The lowest BCUT2D eigenvalue weighted by Crippen LogP contribution is -2.40. The average molecular weight is 253 g/mol. The molecule has 0 aliphatic heterocycles. The second kappa shape index (κ2) is 7.68. The van der Waals surface area contributed by atoms with Crippen LogP contribution in [0.15, 0.2) is 24.3 Å². The molecule has 1 rings (SSSR count). The Morgan fingerprint density at radius 3 is 2.39 bits per heavy atom. The van der Waals surface area contributed by atoms with Crippen molar-refractivity contribution in [2.24, 2.45) is 0 Å². The fraction of sp³-hybridized carbons (Fsp3) is 0.462. The summed E-state index contributed by atoms with van der Waals surface area (Å²) in [6.45, 7) is 1.97. The van der Waals surface area contributed by atoms with E-state index in [1.807, 2.05) is 31.2 Å². The van der Waals surface area contributed by atoms with Gasteiger partial charge in [0.05, 0.1) is 32.3 Å². The molecule has 0 saturated carbocycles. The van der Waals surface area contributed by atoms with Crippen LogP contribution in [0.5, 0.6) is 5.75 Å². The number of hydrogen-bond donors (Lipinski definition) is 3. The van der Waals surface area contributed by atoms with Gasteiger partial charge < -0.3 is 20.3 Å². The largest absolute Gasteiger partial charge is 0.494 e. The van der Waals surface area contributed by atoms with Gasteiger partial charge in [0.25, 0.3) is 0 Å². The van der Waals surface area contributed by atoms with E-state index in [1.165, 1.54) is 0 Å². The highest BCUT2D eigenvalue weighted by Gasteiger charge is 2.10. The number of nitrogens with one attached hydrogen (secondary N) is 1.